The average molecular weight is 242 g/mol. The van der Waals surface area contributed by atoms with E-state index in [1.54, 1.807) is 12.3 Å². The zero-order valence-electron chi connectivity index (χ0n) is 10.2. The molecule has 0 fully saturated rings. The molecular weight excluding hydrogens is 228 g/mol. The number of aromatic nitrogens is 4. The predicted octanol–water partition coefficient (Wildman–Crippen LogP) is 1.36. The van der Waals surface area contributed by atoms with Crippen molar-refractivity contribution in [2.45, 2.75) is 19.9 Å². The van der Waals surface area contributed by atoms with Gasteiger partial charge in [-0.1, -0.05) is 0 Å². The van der Waals surface area contributed by atoms with E-state index in [-0.39, 0.29) is 0 Å². The van der Waals surface area contributed by atoms with Crippen LogP contribution < -0.4 is 5.32 Å². The highest BCUT2D eigenvalue weighted by Crippen LogP contribution is 2.03. The van der Waals surface area contributed by atoms with Gasteiger partial charge in [0, 0.05) is 31.2 Å². The molecule has 2 aromatic heterocycles. The van der Waals surface area contributed by atoms with Crippen molar-refractivity contribution in [1.29, 1.82) is 5.26 Å². The molecule has 2 rings (SSSR count). The molecule has 92 valence electrons. The van der Waals surface area contributed by atoms with E-state index in [2.05, 4.69) is 20.4 Å². The predicted molar refractivity (Wildman–Crippen MR) is 66.8 cm³/mol. The van der Waals surface area contributed by atoms with Crippen LogP contribution in [-0.2, 0) is 6.54 Å². The van der Waals surface area contributed by atoms with Crippen LogP contribution in [0.5, 0.6) is 0 Å². The van der Waals surface area contributed by atoms with E-state index >= 15 is 0 Å². The number of hydrogen-bond acceptors (Lipinski definition) is 5. The normalized spacial score (nSPS) is 10.0. The summed E-state index contributed by atoms with van der Waals surface area (Å²) in [6.45, 7) is 3.43. The van der Waals surface area contributed by atoms with Crippen LogP contribution in [0.2, 0.25) is 0 Å². The number of nitrogens with one attached hydrogen (secondary N) is 1. The van der Waals surface area contributed by atoms with E-state index in [4.69, 9.17) is 5.26 Å². The van der Waals surface area contributed by atoms with Crippen molar-refractivity contribution in [2.24, 2.45) is 0 Å². The third-order valence-electron chi connectivity index (χ3n) is 2.38. The molecular formula is C12H14N6. The van der Waals surface area contributed by atoms with Gasteiger partial charge in [-0.25, -0.2) is 9.97 Å². The molecule has 6 heteroatoms. The number of aryl methyl sites for hydroxylation is 2. The van der Waals surface area contributed by atoms with E-state index < -0.39 is 0 Å². The molecule has 1 N–H and O–H groups in total. The van der Waals surface area contributed by atoms with E-state index in [0.717, 1.165) is 25.2 Å². The molecule has 0 aliphatic carbocycles. The first kappa shape index (κ1) is 12.0. The van der Waals surface area contributed by atoms with Crippen LogP contribution in [0.4, 0.5) is 5.95 Å². The molecule has 0 saturated heterocycles. The molecule has 0 spiro atoms. The maximum atomic E-state index is 8.80. The molecule has 0 amide bonds. The summed E-state index contributed by atoms with van der Waals surface area (Å²) in [6.07, 6.45) is 4.61. The highest BCUT2D eigenvalue weighted by atomic mass is 15.3. The monoisotopic (exact) mass is 242 g/mol. The lowest BCUT2D eigenvalue weighted by Crippen LogP contribution is -2.10. The minimum absolute atomic E-state index is 0.386. The van der Waals surface area contributed by atoms with Gasteiger partial charge < -0.3 is 5.32 Å². The van der Waals surface area contributed by atoms with Gasteiger partial charge in [0.05, 0.1) is 0 Å². The quantitative estimate of drug-likeness (QED) is 0.801. The van der Waals surface area contributed by atoms with Crippen molar-refractivity contribution < 1.29 is 0 Å². The van der Waals surface area contributed by atoms with Crippen LogP contribution in [0.15, 0.2) is 24.5 Å². The summed E-state index contributed by atoms with van der Waals surface area (Å²) in [4.78, 5) is 8.30. The molecule has 6 nitrogen and oxygen atoms in total. The Bertz CT molecular complexity index is 540. The summed E-state index contributed by atoms with van der Waals surface area (Å²) < 4.78 is 1.87. The second-order valence-electron chi connectivity index (χ2n) is 3.88. The Morgan fingerprint density at radius 2 is 2.33 bits per heavy atom. The number of hydrogen-bond donors (Lipinski definition) is 1. The SMILES string of the molecule is Cc1cc(C#N)nc(NCCCn2cccn2)n1. The molecule has 18 heavy (non-hydrogen) atoms. The summed E-state index contributed by atoms with van der Waals surface area (Å²) in [5, 5.41) is 16.0. The first-order valence-electron chi connectivity index (χ1n) is 5.75. The molecule has 0 aliphatic heterocycles. The van der Waals surface area contributed by atoms with Gasteiger partial charge in [0.1, 0.15) is 11.8 Å². The second kappa shape index (κ2) is 5.77. The fraction of sp³-hybridized carbons (Fsp3) is 0.333. The Labute approximate surface area is 105 Å². The van der Waals surface area contributed by atoms with Gasteiger partial charge in [0.15, 0.2) is 0 Å². The third-order valence-corrected chi connectivity index (χ3v) is 2.38. The van der Waals surface area contributed by atoms with Crippen LogP contribution >= 0.6 is 0 Å². The van der Waals surface area contributed by atoms with Crippen molar-refractivity contribution >= 4 is 5.95 Å². The van der Waals surface area contributed by atoms with Gasteiger partial charge in [-0.3, -0.25) is 4.68 Å². The molecule has 0 aromatic carbocycles. The van der Waals surface area contributed by atoms with Gasteiger partial charge >= 0.3 is 0 Å². The van der Waals surface area contributed by atoms with Gasteiger partial charge in [0.2, 0.25) is 5.95 Å². The topological polar surface area (TPSA) is 79.4 Å². The van der Waals surface area contributed by atoms with Gasteiger partial charge in [-0.15, -0.1) is 0 Å². The Morgan fingerprint density at radius 3 is 3.06 bits per heavy atom. The Morgan fingerprint density at radius 1 is 1.44 bits per heavy atom. The van der Waals surface area contributed by atoms with Crippen LogP contribution in [0.3, 0.4) is 0 Å². The average Bonchev–Trinajstić information content (AvgIpc) is 2.87. The number of nitrogens with zero attached hydrogens (tertiary/aromatic N) is 5. The minimum atomic E-state index is 0.386. The van der Waals surface area contributed by atoms with Gasteiger partial charge in [0.25, 0.3) is 0 Å². The highest BCUT2D eigenvalue weighted by Gasteiger charge is 2.00. The van der Waals surface area contributed by atoms with Crippen LogP contribution in [0.1, 0.15) is 17.8 Å². The van der Waals surface area contributed by atoms with Crippen molar-refractivity contribution in [1.82, 2.24) is 19.7 Å². The second-order valence-corrected chi connectivity index (χ2v) is 3.88. The van der Waals surface area contributed by atoms with Crippen LogP contribution in [-0.4, -0.2) is 26.3 Å². The first-order valence-corrected chi connectivity index (χ1v) is 5.75. The standard InChI is InChI=1S/C12H14N6/c1-10-8-11(9-13)17-12(16-10)14-4-2-6-18-7-3-5-15-18/h3,5,7-8H,2,4,6H2,1H3,(H,14,16,17). The third kappa shape index (κ3) is 3.28. The van der Waals surface area contributed by atoms with E-state index in [9.17, 15) is 0 Å². The van der Waals surface area contributed by atoms with Crippen molar-refractivity contribution in [2.75, 3.05) is 11.9 Å². The minimum Gasteiger partial charge on any atom is -0.354 e. The molecule has 2 heterocycles. The zero-order valence-corrected chi connectivity index (χ0v) is 10.2. The molecule has 0 radical (unpaired) electrons. The van der Waals surface area contributed by atoms with Gasteiger partial charge in [-0.2, -0.15) is 10.4 Å². The Hall–Kier alpha value is -2.42. The van der Waals surface area contributed by atoms with Crippen molar-refractivity contribution in [3.8, 4) is 6.07 Å². The van der Waals surface area contributed by atoms with Crippen LogP contribution in [0.25, 0.3) is 0 Å². The lowest BCUT2D eigenvalue weighted by Gasteiger charge is -2.05. The summed E-state index contributed by atoms with van der Waals surface area (Å²) >= 11 is 0. The number of rotatable bonds is 5. The van der Waals surface area contributed by atoms with Crippen LogP contribution in [0, 0.1) is 18.3 Å². The van der Waals surface area contributed by atoms with Crippen molar-refractivity contribution in [3.63, 3.8) is 0 Å². The lowest BCUT2D eigenvalue weighted by molar-refractivity contribution is 0.591. The first-order chi connectivity index (χ1) is 8.78. The van der Waals surface area contributed by atoms with E-state index in [1.807, 2.05) is 29.9 Å². The Kier molecular flexibility index (Phi) is 3.86. The Balaban J connectivity index is 1.83. The number of anilines is 1. The highest BCUT2D eigenvalue weighted by molar-refractivity contribution is 5.32. The molecule has 0 saturated carbocycles. The molecule has 0 atom stereocenters. The summed E-state index contributed by atoms with van der Waals surface area (Å²) in [5.74, 6) is 0.506. The summed E-state index contributed by atoms with van der Waals surface area (Å²) in [6, 6.07) is 5.58. The smallest absolute Gasteiger partial charge is 0.224 e. The molecule has 0 aliphatic rings. The lowest BCUT2D eigenvalue weighted by atomic mass is 10.3. The largest absolute Gasteiger partial charge is 0.354 e. The summed E-state index contributed by atoms with van der Waals surface area (Å²) in [7, 11) is 0. The fourth-order valence-corrected chi connectivity index (χ4v) is 1.58. The fourth-order valence-electron chi connectivity index (χ4n) is 1.58. The molecule has 0 bridgehead atoms. The zero-order chi connectivity index (χ0) is 12.8. The molecule has 2 aromatic rings. The van der Waals surface area contributed by atoms with E-state index in [1.165, 1.54) is 0 Å². The van der Waals surface area contributed by atoms with Crippen molar-refractivity contribution in [3.05, 3.63) is 35.9 Å². The van der Waals surface area contributed by atoms with Gasteiger partial charge in [-0.05, 0) is 25.5 Å². The summed E-state index contributed by atoms with van der Waals surface area (Å²) in [5.41, 5.74) is 1.17. The number of nitriles is 1. The maximum absolute atomic E-state index is 8.80. The maximum Gasteiger partial charge on any atom is 0.224 e. The van der Waals surface area contributed by atoms with E-state index in [0.29, 0.717) is 11.6 Å². The molecule has 0 unspecified atom stereocenters.